The summed E-state index contributed by atoms with van der Waals surface area (Å²) in [5.41, 5.74) is 2.42. The number of aromatic hydroxyl groups is 2. The molecule has 0 radical (unpaired) electrons. The predicted molar refractivity (Wildman–Crippen MR) is 90.6 cm³/mol. The van der Waals surface area contributed by atoms with Crippen molar-refractivity contribution in [3.63, 3.8) is 0 Å². The molecule has 0 atom stereocenters. The van der Waals surface area contributed by atoms with Crippen LogP contribution in [0.3, 0.4) is 0 Å². The van der Waals surface area contributed by atoms with Gasteiger partial charge in [0.2, 0.25) is 0 Å². The number of phenolic OH excluding ortho intramolecular Hbond substituents is 2. The highest BCUT2D eigenvalue weighted by molar-refractivity contribution is 6.45. The van der Waals surface area contributed by atoms with E-state index in [1.807, 2.05) is 5.43 Å². The Morgan fingerprint density at radius 2 is 1.83 bits per heavy atom. The Morgan fingerprint density at radius 1 is 1.08 bits per heavy atom. The van der Waals surface area contributed by atoms with Crippen LogP contribution < -0.4 is 10.7 Å². The topological polar surface area (TPSA) is 111 Å². The summed E-state index contributed by atoms with van der Waals surface area (Å²) in [5.74, 6) is -2.39. The molecular weight excluding hydrogens is 357 g/mol. The first-order valence-corrected chi connectivity index (χ1v) is 7.24. The second kappa shape index (κ2) is 7.67. The number of hydrogen-bond donors (Lipinski definition) is 4. The fraction of sp³-hybridized carbons (Fsp3) is 0. The second-order valence-electron chi connectivity index (χ2n) is 4.50. The minimum absolute atomic E-state index is 0.109. The van der Waals surface area contributed by atoms with E-state index in [9.17, 15) is 14.7 Å². The molecule has 4 N–H and O–H groups in total. The first-order valence-electron chi connectivity index (χ1n) is 6.49. The summed E-state index contributed by atoms with van der Waals surface area (Å²) < 4.78 is 0. The van der Waals surface area contributed by atoms with Crippen LogP contribution in [0.5, 0.6) is 11.5 Å². The Bertz CT molecular complexity index is 824. The lowest BCUT2D eigenvalue weighted by Gasteiger charge is -2.07. The summed E-state index contributed by atoms with van der Waals surface area (Å²) in [6.45, 7) is 0. The SMILES string of the molecule is O=C(NN=Cc1ccc(O)cc1O)C(=O)Nc1cccc(Cl)c1Cl. The van der Waals surface area contributed by atoms with Crippen molar-refractivity contribution in [2.75, 3.05) is 5.32 Å². The summed E-state index contributed by atoms with van der Waals surface area (Å²) in [6.07, 6.45) is 1.12. The first kappa shape index (κ1) is 17.6. The fourth-order valence-corrected chi connectivity index (χ4v) is 1.98. The van der Waals surface area contributed by atoms with Crippen LogP contribution in [-0.2, 0) is 9.59 Å². The Hall–Kier alpha value is -2.77. The van der Waals surface area contributed by atoms with Gasteiger partial charge < -0.3 is 15.5 Å². The van der Waals surface area contributed by atoms with Crippen molar-refractivity contribution in [1.82, 2.24) is 5.43 Å². The first-order chi connectivity index (χ1) is 11.4. The van der Waals surface area contributed by atoms with E-state index < -0.39 is 11.8 Å². The average Bonchev–Trinajstić information content (AvgIpc) is 2.53. The van der Waals surface area contributed by atoms with Crippen LogP contribution in [0.1, 0.15) is 5.56 Å². The standard InChI is InChI=1S/C15H11Cl2N3O4/c16-10-2-1-3-11(13(10)17)19-14(23)15(24)20-18-7-8-4-5-9(21)6-12(8)22/h1-7,21-22H,(H,19,23)(H,20,24). The number of benzene rings is 2. The van der Waals surface area contributed by atoms with E-state index in [-0.39, 0.29) is 32.8 Å². The van der Waals surface area contributed by atoms with Gasteiger partial charge in [-0.2, -0.15) is 5.10 Å². The zero-order chi connectivity index (χ0) is 17.7. The molecule has 0 aliphatic heterocycles. The van der Waals surface area contributed by atoms with Crippen molar-refractivity contribution in [2.45, 2.75) is 0 Å². The van der Waals surface area contributed by atoms with Gasteiger partial charge in [0, 0.05) is 11.6 Å². The molecule has 2 amide bonds. The summed E-state index contributed by atoms with van der Waals surface area (Å²) in [7, 11) is 0. The number of halogens is 2. The monoisotopic (exact) mass is 367 g/mol. The molecule has 2 aromatic rings. The number of phenols is 2. The highest BCUT2D eigenvalue weighted by atomic mass is 35.5. The smallest absolute Gasteiger partial charge is 0.329 e. The van der Waals surface area contributed by atoms with Crippen molar-refractivity contribution in [1.29, 1.82) is 0 Å². The molecule has 124 valence electrons. The molecule has 0 fully saturated rings. The van der Waals surface area contributed by atoms with E-state index in [0.717, 1.165) is 12.3 Å². The van der Waals surface area contributed by atoms with E-state index >= 15 is 0 Å². The molecule has 0 unspecified atom stereocenters. The van der Waals surface area contributed by atoms with Crippen LogP contribution >= 0.6 is 23.2 Å². The molecular formula is C15H11Cl2N3O4. The quantitative estimate of drug-likeness (QED) is 0.379. The molecule has 7 nitrogen and oxygen atoms in total. The number of carbonyl (C=O) groups is 2. The maximum atomic E-state index is 11.7. The minimum Gasteiger partial charge on any atom is -0.508 e. The Kier molecular flexibility index (Phi) is 5.62. The predicted octanol–water partition coefficient (Wildman–Crippen LogP) is 2.49. The number of rotatable bonds is 3. The van der Waals surface area contributed by atoms with Gasteiger partial charge in [0.25, 0.3) is 0 Å². The van der Waals surface area contributed by atoms with Crippen molar-refractivity contribution in [2.24, 2.45) is 5.10 Å². The van der Waals surface area contributed by atoms with Crippen LogP contribution in [0.15, 0.2) is 41.5 Å². The lowest BCUT2D eigenvalue weighted by Crippen LogP contribution is -2.32. The molecule has 0 spiro atoms. The highest BCUT2D eigenvalue weighted by Crippen LogP contribution is 2.29. The number of nitrogens with one attached hydrogen (secondary N) is 2. The van der Waals surface area contributed by atoms with Gasteiger partial charge >= 0.3 is 11.8 Å². The lowest BCUT2D eigenvalue weighted by molar-refractivity contribution is -0.136. The van der Waals surface area contributed by atoms with Gasteiger partial charge in [0.1, 0.15) is 11.5 Å². The molecule has 0 saturated heterocycles. The molecule has 2 rings (SSSR count). The molecule has 0 bridgehead atoms. The van der Waals surface area contributed by atoms with Gasteiger partial charge in [-0.3, -0.25) is 9.59 Å². The molecule has 0 aliphatic carbocycles. The summed E-state index contributed by atoms with van der Waals surface area (Å²) >= 11 is 11.7. The molecule has 2 aromatic carbocycles. The number of carbonyl (C=O) groups excluding carboxylic acids is 2. The van der Waals surface area contributed by atoms with E-state index in [2.05, 4.69) is 10.4 Å². The van der Waals surface area contributed by atoms with E-state index in [0.29, 0.717) is 0 Å². The van der Waals surface area contributed by atoms with E-state index in [1.54, 1.807) is 6.07 Å². The van der Waals surface area contributed by atoms with Gasteiger partial charge in [-0.15, -0.1) is 0 Å². The van der Waals surface area contributed by atoms with Crippen LogP contribution in [-0.4, -0.2) is 28.2 Å². The molecule has 0 saturated carbocycles. The van der Waals surface area contributed by atoms with E-state index in [4.69, 9.17) is 28.3 Å². The molecule has 9 heteroatoms. The maximum absolute atomic E-state index is 11.7. The molecule has 0 heterocycles. The number of anilines is 1. The van der Waals surface area contributed by atoms with E-state index in [1.165, 1.54) is 24.3 Å². The normalized spacial score (nSPS) is 10.6. The van der Waals surface area contributed by atoms with Gasteiger partial charge in [0.15, 0.2) is 0 Å². The zero-order valence-corrected chi connectivity index (χ0v) is 13.5. The van der Waals surface area contributed by atoms with Gasteiger partial charge in [-0.25, -0.2) is 5.43 Å². The van der Waals surface area contributed by atoms with Gasteiger partial charge in [-0.1, -0.05) is 29.3 Å². The van der Waals surface area contributed by atoms with Crippen LogP contribution in [0.4, 0.5) is 5.69 Å². The number of hydrazone groups is 1. The Balaban J connectivity index is 1.98. The molecule has 0 aliphatic rings. The van der Waals surface area contributed by atoms with Crippen LogP contribution in [0.25, 0.3) is 0 Å². The van der Waals surface area contributed by atoms with Gasteiger partial charge in [0.05, 0.1) is 21.9 Å². The Labute approximate surface area is 146 Å². The van der Waals surface area contributed by atoms with Gasteiger partial charge in [-0.05, 0) is 24.3 Å². The lowest BCUT2D eigenvalue weighted by atomic mass is 10.2. The second-order valence-corrected chi connectivity index (χ2v) is 5.28. The summed E-state index contributed by atoms with van der Waals surface area (Å²) in [4.78, 5) is 23.4. The molecule has 24 heavy (non-hydrogen) atoms. The highest BCUT2D eigenvalue weighted by Gasteiger charge is 2.15. The van der Waals surface area contributed by atoms with Crippen LogP contribution in [0.2, 0.25) is 10.0 Å². The summed E-state index contributed by atoms with van der Waals surface area (Å²) in [6, 6.07) is 8.40. The van der Waals surface area contributed by atoms with Crippen molar-refractivity contribution < 1.29 is 19.8 Å². The number of nitrogens with zero attached hydrogens (tertiary/aromatic N) is 1. The van der Waals surface area contributed by atoms with Crippen LogP contribution in [0, 0.1) is 0 Å². The summed E-state index contributed by atoms with van der Waals surface area (Å²) in [5, 5.41) is 24.9. The third-order valence-corrected chi connectivity index (χ3v) is 3.61. The van der Waals surface area contributed by atoms with Crippen molar-refractivity contribution >= 4 is 46.9 Å². The average molecular weight is 368 g/mol. The number of hydrogen-bond acceptors (Lipinski definition) is 5. The maximum Gasteiger partial charge on any atom is 0.329 e. The largest absolute Gasteiger partial charge is 0.508 e. The number of amides is 2. The molecule has 0 aromatic heterocycles. The third kappa shape index (κ3) is 4.37. The fourth-order valence-electron chi connectivity index (χ4n) is 1.63. The van der Waals surface area contributed by atoms with Crippen molar-refractivity contribution in [3.8, 4) is 11.5 Å². The minimum atomic E-state index is -1.04. The van der Waals surface area contributed by atoms with Crippen molar-refractivity contribution in [3.05, 3.63) is 52.0 Å². The third-order valence-electron chi connectivity index (χ3n) is 2.79. The zero-order valence-electron chi connectivity index (χ0n) is 12.0. The Morgan fingerprint density at radius 3 is 2.54 bits per heavy atom.